The van der Waals surface area contributed by atoms with Gasteiger partial charge >= 0.3 is 0 Å². The number of anilines is 1. The molecule has 0 saturated carbocycles. The van der Waals surface area contributed by atoms with Crippen molar-refractivity contribution in [2.45, 2.75) is 0 Å². The largest absolute Gasteiger partial charge is 0.374 e. The van der Waals surface area contributed by atoms with Crippen LogP contribution in [0.15, 0.2) is 4.91 Å². The van der Waals surface area contributed by atoms with Gasteiger partial charge in [-0.2, -0.15) is 14.6 Å². The van der Waals surface area contributed by atoms with Crippen molar-refractivity contribution in [3.05, 3.63) is 10.7 Å². The molecule has 0 saturated heterocycles. The minimum absolute atomic E-state index is 0.445. The Morgan fingerprint density at radius 2 is 2.14 bits per heavy atom. The van der Waals surface area contributed by atoms with Crippen LogP contribution in [0.4, 0.5) is 5.13 Å². The Morgan fingerprint density at radius 1 is 1.36 bits per heavy atom. The van der Waals surface area contributed by atoms with Crippen molar-refractivity contribution in [3.63, 3.8) is 0 Å². The molecule has 1 aliphatic heterocycles. The Hall–Kier alpha value is -0.710. The molecule has 14 heavy (non-hydrogen) atoms. The quantitative estimate of drug-likeness (QED) is 0.809. The highest BCUT2D eigenvalue weighted by molar-refractivity contribution is 8.13. The second-order valence-electron chi connectivity index (χ2n) is 2.42. The van der Waals surface area contributed by atoms with Gasteiger partial charge in [-0.05, 0) is 0 Å². The molecule has 0 bridgehead atoms. The fraction of sp³-hybridized carbons (Fsp3) is 0.286. The number of aromatic nitrogens is 2. The Balaban J connectivity index is 2.41. The van der Waals surface area contributed by atoms with Crippen LogP contribution < -0.4 is 5.73 Å². The summed E-state index contributed by atoms with van der Waals surface area (Å²) in [5.74, 6) is 2.56. The third kappa shape index (κ3) is 1.87. The van der Waals surface area contributed by atoms with Crippen molar-refractivity contribution < 1.29 is 0 Å². The van der Waals surface area contributed by atoms with Gasteiger partial charge in [0.15, 0.2) is 11.0 Å². The molecule has 2 N–H and O–H groups in total. The fourth-order valence-corrected chi connectivity index (χ4v) is 3.60. The maximum absolute atomic E-state index is 8.90. The first kappa shape index (κ1) is 9.83. The van der Waals surface area contributed by atoms with Crippen LogP contribution in [0.2, 0.25) is 0 Å². The molecule has 1 aromatic heterocycles. The van der Waals surface area contributed by atoms with Crippen molar-refractivity contribution >= 4 is 45.1 Å². The van der Waals surface area contributed by atoms with Crippen molar-refractivity contribution in [2.24, 2.45) is 0 Å². The summed E-state index contributed by atoms with van der Waals surface area (Å²) in [5, 5.41) is 9.35. The summed E-state index contributed by atoms with van der Waals surface area (Å²) in [4.78, 5) is 5.65. The molecule has 1 aromatic rings. The summed E-state index contributed by atoms with van der Waals surface area (Å²) in [6.45, 7) is 0. The molecular weight excluding hydrogens is 236 g/mol. The normalized spacial score (nSPS) is 16.8. The van der Waals surface area contributed by atoms with E-state index in [1.807, 2.05) is 0 Å². The van der Waals surface area contributed by atoms with Crippen LogP contribution in [0.1, 0.15) is 5.82 Å². The van der Waals surface area contributed by atoms with E-state index in [1.54, 1.807) is 23.5 Å². The number of rotatable bonds is 1. The third-order valence-corrected chi connectivity index (χ3v) is 4.53. The van der Waals surface area contributed by atoms with Gasteiger partial charge in [-0.25, -0.2) is 0 Å². The van der Waals surface area contributed by atoms with Crippen LogP contribution in [0.3, 0.4) is 0 Å². The van der Waals surface area contributed by atoms with Gasteiger partial charge in [0.1, 0.15) is 11.0 Å². The first-order chi connectivity index (χ1) is 6.81. The van der Waals surface area contributed by atoms with Crippen LogP contribution >= 0.6 is 35.1 Å². The number of nitrogens with zero attached hydrogens (tertiary/aromatic N) is 3. The monoisotopic (exact) mass is 242 g/mol. The molecule has 0 spiro atoms. The van der Waals surface area contributed by atoms with E-state index >= 15 is 0 Å². The molecule has 0 aromatic carbocycles. The molecule has 2 rings (SSSR count). The van der Waals surface area contributed by atoms with E-state index in [-0.39, 0.29) is 0 Å². The van der Waals surface area contributed by atoms with Gasteiger partial charge in [0.2, 0.25) is 0 Å². The predicted octanol–water partition coefficient (Wildman–Crippen LogP) is 1.79. The topological polar surface area (TPSA) is 75.6 Å². The molecule has 72 valence electrons. The number of allylic oxidation sites excluding steroid dienone is 1. The number of nitriles is 1. The molecule has 0 unspecified atom stereocenters. The molecule has 0 aliphatic carbocycles. The van der Waals surface area contributed by atoms with Gasteiger partial charge in [0.25, 0.3) is 0 Å². The lowest BCUT2D eigenvalue weighted by molar-refractivity contribution is 1.28. The molecule has 0 atom stereocenters. The highest BCUT2D eigenvalue weighted by Crippen LogP contribution is 2.39. The van der Waals surface area contributed by atoms with Crippen LogP contribution in [-0.2, 0) is 0 Å². The number of thioether (sulfide) groups is 2. The van der Waals surface area contributed by atoms with E-state index in [0.29, 0.717) is 15.9 Å². The summed E-state index contributed by atoms with van der Waals surface area (Å²) in [5.41, 5.74) is 5.50. The van der Waals surface area contributed by atoms with E-state index in [0.717, 1.165) is 27.9 Å². The second-order valence-corrected chi connectivity index (χ2v) is 5.42. The van der Waals surface area contributed by atoms with Gasteiger partial charge in [-0.3, -0.25) is 0 Å². The lowest BCUT2D eigenvalue weighted by Gasteiger charge is -2.11. The molecule has 0 fully saturated rings. The molecule has 1 aliphatic rings. The average Bonchev–Trinajstić information content (AvgIpc) is 2.65. The van der Waals surface area contributed by atoms with Gasteiger partial charge in [0, 0.05) is 23.0 Å². The van der Waals surface area contributed by atoms with Crippen molar-refractivity contribution in [1.82, 2.24) is 9.36 Å². The average molecular weight is 242 g/mol. The summed E-state index contributed by atoms with van der Waals surface area (Å²) in [6.07, 6.45) is 0. The van der Waals surface area contributed by atoms with Crippen LogP contribution in [-0.4, -0.2) is 20.9 Å². The lowest BCUT2D eigenvalue weighted by Crippen LogP contribution is -1.97. The number of nitrogens with two attached hydrogens (primary N) is 1. The zero-order valence-corrected chi connectivity index (χ0v) is 9.51. The Morgan fingerprint density at radius 3 is 2.79 bits per heavy atom. The Kier molecular flexibility index (Phi) is 2.96. The summed E-state index contributed by atoms with van der Waals surface area (Å²) in [7, 11) is 0. The zero-order valence-electron chi connectivity index (χ0n) is 7.06. The van der Waals surface area contributed by atoms with Gasteiger partial charge in [0.05, 0.1) is 4.91 Å². The Bertz CT molecular complexity index is 417. The molecule has 7 heteroatoms. The predicted molar refractivity (Wildman–Crippen MR) is 61.8 cm³/mol. The number of nitrogen functional groups attached to an aromatic ring is 1. The summed E-state index contributed by atoms with van der Waals surface area (Å²) >= 11 is 4.34. The third-order valence-electron chi connectivity index (χ3n) is 1.53. The fourth-order valence-electron chi connectivity index (χ4n) is 0.995. The summed E-state index contributed by atoms with van der Waals surface area (Å²) < 4.78 is 4.10. The van der Waals surface area contributed by atoms with Gasteiger partial charge < -0.3 is 5.73 Å². The smallest absolute Gasteiger partial charge is 0.200 e. The first-order valence-corrected chi connectivity index (χ1v) is 6.55. The number of hydrogen-bond acceptors (Lipinski definition) is 7. The van der Waals surface area contributed by atoms with Crippen LogP contribution in [0, 0.1) is 11.3 Å². The molecule has 0 radical (unpaired) electrons. The summed E-state index contributed by atoms with van der Waals surface area (Å²) in [6, 6.07) is 2.17. The van der Waals surface area contributed by atoms with E-state index in [9.17, 15) is 0 Å². The minimum Gasteiger partial charge on any atom is -0.374 e. The molecular formula is C7H6N4S3. The number of hydrogen-bond donors (Lipinski definition) is 1. The Labute approximate surface area is 93.8 Å². The molecule has 2 heterocycles. The van der Waals surface area contributed by atoms with Gasteiger partial charge in [-0.1, -0.05) is 0 Å². The van der Waals surface area contributed by atoms with Crippen LogP contribution in [0.25, 0.3) is 4.91 Å². The van der Waals surface area contributed by atoms with E-state index in [4.69, 9.17) is 11.0 Å². The maximum Gasteiger partial charge on any atom is 0.200 e. The standard InChI is InChI=1S/C7H6N4S3/c8-3-4-5(13-2-1-12-4)6-10-7(9)14-11-6/h1-2H2,(H2,9,10,11). The van der Waals surface area contributed by atoms with E-state index in [1.165, 1.54) is 0 Å². The highest BCUT2D eigenvalue weighted by Gasteiger charge is 2.18. The van der Waals surface area contributed by atoms with Crippen molar-refractivity contribution in [2.75, 3.05) is 17.2 Å². The minimum atomic E-state index is 0.445. The van der Waals surface area contributed by atoms with Gasteiger partial charge in [-0.15, -0.1) is 23.5 Å². The van der Waals surface area contributed by atoms with E-state index in [2.05, 4.69) is 15.4 Å². The van der Waals surface area contributed by atoms with Crippen molar-refractivity contribution in [1.29, 1.82) is 5.26 Å². The first-order valence-electron chi connectivity index (χ1n) is 3.81. The maximum atomic E-state index is 8.90. The highest BCUT2D eigenvalue weighted by atomic mass is 32.2. The molecule has 4 nitrogen and oxygen atoms in total. The van der Waals surface area contributed by atoms with Crippen LogP contribution in [0.5, 0.6) is 0 Å². The second kappa shape index (κ2) is 4.21. The SMILES string of the molecule is N#CC1=C(c2nsc(N)n2)SCCS1. The van der Waals surface area contributed by atoms with E-state index < -0.39 is 0 Å². The lowest BCUT2D eigenvalue weighted by atomic mass is 10.5. The molecule has 0 amide bonds. The van der Waals surface area contributed by atoms with Crippen molar-refractivity contribution in [3.8, 4) is 6.07 Å². The zero-order chi connectivity index (χ0) is 9.97.